The summed E-state index contributed by atoms with van der Waals surface area (Å²) in [6.45, 7) is 4.55. The maximum Gasteiger partial charge on any atom is 0.261 e. The molecule has 4 aromatic rings. The van der Waals surface area contributed by atoms with Gasteiger partial charge in [0.1, 0.15) is 0 Å². The van der Waals surface area contributed by atoms with E-state index in [1.807, 2.05) is 62.5 Å². The number of amides is 3. The fourth-order valence-electron chi connectivity index (χ4n) is 7.59. The van der Waals surface area contributed by atoms with Crippen molar-refractivity contribution in [2.45, 2.75) is 62.8 Å². The van der Waals surface area contributed by atoms with E-state index in [0.29, 0.717) is 96.5 Å². The lowest BCUT2D eigenvalue weighted by Crippen LogP contribution is -2.37. The quantitative estimate of drug-likeness (QED) is 0.112. The Bertz CT molecular complexity index is 2300. The molecule has 1 N–H and O–H groups in total. The number of nitrogens with zero attached hydrogens (tertiary/aromatic N) is 4. The van der Waals surface area contributed by atoms with Gasteiger partial charge in [-0.25, -0.2) is 0 Å². The number of methoxy groups -OCH3 is 2. The summed E-state index contributed by atoms with van der Waals surface area (Å²) in [5.74, 6) is 1.38. The summed E-state index contributed by atoms with van der Waals surface area (Å²) < 4.78 is 23.3. The van der Waals surface area contributed by atoms with Gasteiger partial charge in [0.15, 0.2) is 23.0 Å². The number of anilines is 3. The van der Waals surface area contributed by atoms with Crippen LogP contribution in [0, 0.1) is 0 Å². The molecule has 56 heavy (non-hydrogen) atoms. The fourth-order valence-corrected chi connectivity index (χ4v) is 7.70. The van der Waals surface area contributed by atoms with Crippen molar-refractivity contribution in [3.05, 3.63) is 89.0 Å². The summed E-state index contributed by atoms with van der Waals surface area (Å²) in [6, 6.07) is 20.0. The van der Waals surface area contributed by atoms with Crippen LogP contribution in [0.1, 0.15) is 65.0 Å². The molecule has 0 aromatic heterocycles. The molecule has 0 saturated carbocycles. The zero-order chi connectivity index (χ0) is 39.1. The van der Waals surface area contributed by atoms with Crippen LogP contribution < -0.4 is 34.1 Å². The topological polar surface area (TPSA) is 131 Å². The van der Waals surface area contributed by atoms with Crippen molar-refractivity contribution in [2.75, 3.05) is 42.5 Å². The maximum absolute atomic E-state index is 14.0. The van der Waals surface area contributed by atoms with E-state index in [1.165, 1.54) is 7.11 Å². The van der Waals surface area contributed by atoms with Crippen LogP contribution >= 0.6 is 12.6 Å². The number of rotatable bonds is 12. The molecule has 0 fully saturated rings. The second kappa shape index (κ2) is 15.0. The lowest BCUT2D eigenvalue weighted by molar-refractivity contribution is -0.116. The van der Waals surface area contributed by atoms with Crippen molar-refractivity contribution < 1.29 is 33.3 Å². The molecule has 0 aliphatic carbocycles. The minimum Gasteiger partial charge on any atom is -0.493 e. The van der Waals surface area contributed by atoms with Gasteiger partial charge >= 0.3 is 0 Å². The van der Waals surface area contributed by atoms with Crippen molar-refractivity contribution in [1.82, 2.24) is 0 Å². The second-order valence-electron chi connectivity index (χ2n) is 14.9. The molecule has 0 radical (unpaired) electrons. The molecule has 8 rings (SSSR count). The zero-order valence-electron chi connectivity index (χ0n) is 31.7. The number of aliphatic imine (C=N–C) groups is 2. The molecule has 4 heterocycles. The average Bonchev–Trinajstić information content (AvgIpc) is 3.67. The molecule has 4 aliphatic rings. The van der Waals surface area contributed by atoms with Crippen LogP contribution in [0.2, 0.25) is 0 Å². The van der Waals surface area contributed by atoms with Gasteiger partial charge in [0.05, 0.1) is 62.0 Å². The Labute approximate surface area is 330 Å². The van der Waals surface area contributed by atoms with Crippen LogP contribution in [0.25, 0.3) is 0 Å². The standard InChI is InChI=1S/C43H43N5O7S/c1-43(2,56)13-12-40(49)46-27-10-11-35-26(16-27)18-29-24-45-33-22-39(37(53-4)20-31(33)42(51)48(29)35)55-15-7-14-54-38-21-32-30(19-36(38)52-3)41(50)47-28(23-44-32)17-25-8-5-6-9-34(25)47/h5-6,8-11,16,19-24,28-29,56H,7,12-15,17-18H2,1-4H3,(H,46,49)/t28-,29-/m0/s1. The van der Waals surface area contributed by atoms with E-state index in [1.54, 1.807) is 47.4 Å². The van der Waals surface area contributed by atoms with Crippen molar-refractivity contribution in [1.29, 1.82) is 0 Å². The van der Waals surface area contributed by atoms with Crippen molar-refractivity contribution >= 4 is 71.2 Å². The number of carbonyl (C=O) groups excluding carboxylic acids is 3. The zero-order valence-corrected chi connectivity index (χ0v) is 32.6. The number of carbonyl (C=O) groups is 3. The average molecular weight is 774 g/mol. The van der Waals surface area contributed by atoms with Crippen LogP contribution in [0.3, 0.4) is 0 Å². The summed E-state index contributed by atoms with van der Waals surface area (Å²) in [5, 5.41) is 2.98. The highest BCUT2D eigenvalue weighted by Gasteiger charge is 2.38. The Hall–Kier alpha value is -5.82. The predicted molar refractivity (Wildman–Crippen MR) is 220 cm³/mol. The van der Waals surface area contributed by atoms with E-state index in [-0.39, 0.29) is 34.6 Å². The van der Waals surface area contributed by atoms with Crippen molar-refractivity contribution in [3.8, 4) is 23.0 Å². The number of hydrogen-bond donors (Lipinski definition) is 2. The molecule has 0 spiro atoms. The van der Waals surface area contributed by atoms with E-state index in [4.69, 9.17) is 23.9 Å². The summed E-state index contributed by atoms with van der Waals surface area (Å²) in [5.41, 5.74) is 6.32. The Kier molecular flexibility index (Phi) is 9.96. The summed E-state index contributed by atoms with van der Waals surface area (Å²) in [6.07, 6.45) is 6.43. The number of fused-ring (bicyclic) bond motifs is 8. The first-order chi connectivity index (χ1) is 27.0. The van der Waals surface area contributed by atoms with Crippen LogP contribution in [0.15, 0.2) is 76.7 Å². The lowest BCUT2D eigenvalue weighted by atomic mass is 10.1. The van der Waals surface area contributed by atoms with Crippen LogP contribution in [0.4, 0.5) is 28.4 Å². The highest BCUT2D eigenvalue weighted by Crippen LogP contribution is 2.43. The molecule has 13 heteroatoms. The molecule has 0 saturated heterocycles. The number of thiol groups is 1. The van der Waals surface area contributed by atoms with Gasteiger partial charge in [-0.2, -0.15) is 12.6 Å². The smallest absolute Gasteiger partial charge is 0.261 e. The van der Waals surface area contributed by atoms with Gasteiger partial charge in [-0.3, -0.25) is 34.2 Å². The van der Waals surface area contributed by atoms with Gasteiger partial charge in [0, 0.05) is 72.1 Å². The monoisotopic (exact) mass is 773 g/mol. The SMILES string of the molecule is COc1cc2c(cc1OCCCOc1cc3c(cc1OC)C(=O)N1c4ccc(NC(=O)CCC(C)(C)S)cc4C[C@H]1C=N3)N=C[C@@H]1Cc3ccccc3N1C2=O. The first-order valence-corrected chi connectivity index (χ1v) is 19.1. The van der Waals surface area contributed by atoms with E-state index in [2.05, 4.69) is 22.9 Å². The molecule has 4 aliphatic heterocycles. The highest BCUT2D eigenvalue weighted by atomic mass is 32.1. The molecular weight excluding hydrogens is 731 g/mol. The molecule has 2 atom stereocenters. The maximum atomic E-state index is 14.0. The number of ether oxygens (including phenoxy) is 4. The first kappa shape index (κ1) is 37.1. The third-order valence-electron chi connectivity index (χ3n) is 10.4. The lowest BCUT2D eigenvalue weighted by Gasteiger charge is -2.22. The second-order valence-corrected chi connectivity index (χ2v) is 16.1. The molecule has 4 aromatic carbocycles. The number of para-hydroxylation sites is 1. The Morgan fingerprint density at radius 1 is 0.768 bits per heavy atom. The molecular formula is C43H43N5O7S. The van der Waals surface area contributed by atoms with Gasteiger partial charge in [0.25, 0.3) is 11.8 Å². The largest absolute Gasteiger partial charge is 0.493 e. The van der Waals surface area contributed by atoms with E-state index in [0.717, 1.165) is 22.5 Å². The number of hydrogen-bond acceptors (Lipinski definition) is 10. The van der Waals surface area contributed by atoms with Gasteiger partial charge in [-0.1, -0.05) is 32.0 Å². The number of nitrogens with one attached hydrogen (secondary N) is 1. The summed E-state index contributed by atoms with van der Waals surface area (Å²) >= 11 is 4.51. The van der Waals surface area contributed by atoms with E-state index < -0.39 is 0 Å². The highest BCUT2D eigenvalue weighted by molar-refractivity contribution is 7.81. The van der Waals surface area contributed by atoms with Gasteiger partial charge in [-0.05, 0) is 53.9 Å². The molecule has 0 bridgehead atoms. The van der Waals surface area contributed by atoms with E-state index >= 15 is 0 Å². The van der Waals surface area contributed by atoms with Crippen molar-refractivity contribution in [3.63, 3.8) is 0 Å². The molecule has 0 unspecified atom stereocenters. The molecule has 3 amide bonds. The predicted octanol–water partition coefficient (Wildman–Crippen LogP) is 7.55. The first-order valence-electron chi connectivity index (χ1n) is 18.7. The molecule has 12 nitrogen and oxygen atoms in total. The van der Waals surface area contributed by atoms with Gasteiger partial charge in [0.2, 0.25) is 5.91 Å². The normalized spacial score (nSPS) is 17.5. The Morgan fingerprint density at radius 3 is 1.89 bits per heavy atom. The third-order valence-corrected chi connectivity index (χ3v) is 10.6. The Morgan fingerprint density at radius 2 is 1.32 bits per heavy atom. The number of benzene rings is 4. The van der Waals surface area contributed by atoms with Gasteiger partial charge in [-0.15, -0.1) is 0 Å². The van der Waals surface area contributed by atoms with Crippen molar-refractivity contribution in [2.24, 2.45) is 9.98 Å². The Balaban J connectivity index is 0.907. The van der Waals surface area contributed by atoms with Crippen LogP contribution in [-0.4, -0.2) is 74.4 Å². The van der Waals surface area contributed by atoms with Crippen LogP contribution in [0.5, 0.6) is 23.0 Å². The molecule has 288 valence electrons. The summed E-state index contributed by atoms with van der Waals surface area (Å²) in [4.78, 5) is 53.3. The van der Waals surface area contributed by atoms with E-state index in [9.17, 15) is 14.4 Å². The minimum absolute atomic E-state index is 0.0739. The summed E-state index contributed by atoms with van der Waals surface area (Å²) in [7, 11) is 3.08. The fraction of sp³-hybridized carbons (Fsp3) is 0.326. The minimum atomic E-state index is -0.281. The third kappa shape index (κ3) is 7.18. The van der Waals surface area contributed by atoms with Crippen LogP contribution in [-0.2, 0) is 17.6 Å². The van der Waals surface area contributed by atoms with Gasteiger partial charge < -0.3 is 24.3 Å².